The number of hydrogen-bond donors (Lipinski definition) is 1. The summed E-state index contributed by atoms with van der Waals surface area (Å²) in [5.74, 6) is -3.38. The molecule has 2 aliphatic carbocycles. The molecule has 1 N–H and O–H groups in total. The molecule has 1 aromatic rings. The minimum absolute atomic E-state index is 0.260. The predicted molar refractivity (Wildman–Crippen MR) is 147 cm³/mol. The Morgan fingerprint density at radius 2 is 1.76 bits per heavy atom. The van der Waals surface area contributed by atoms with Gasteiger partial charge >= 0.3 is 18.1 Å². The van der Waals surface area contributed by atoms with Crippen LogP contribution in [0.2, 0.25) is 0 Å². The molecule has 1 saturated heterocycles. The van der Waals surface area contributed by atoms with E-state index in [-0.39, 0.29) is 11.7 Å². The van der Waals surface area contributed by atoms with Crippen LogP contribution >= 0.6 is 0 Å². The van der Waals surface area contributed by atoms with Crippen LogP contribution in [0.25, 0.3) is 0 Å². The van der Waals surface area contributed by atoms with Gasteiger partial charge in [-0.05, 0) is 31.9 Å². The van der Waals surface area contributed by atoms with Gasteiger partial charge in [0.2, 0.25) is 0 Å². The van der Waals surface area contributed by atoms with E-state index in [9.17, 15) is 27.9 Å². The number of hydrogen-bond acceptors (Lipinski definition) is 5. The first-order valence-electron chi connectivity index (χ1n) is 13.4. The zero-order chi connectivity index (χ0) is 30.8. The zero-order valence-corrected chi connectivity index (χ0v) is 24.3. The summed E-state index contributed by atoms with van der Waals surface area (Å²) in [7, 11) is 0.803. The number of aliphatic carboxylic acids is 1. The molecule has 8 atom stereocenters. The van der Waals surface area contributed by atoms with Crippen molar-refractivity contribution in [1.82, 2.24) is 0 Å². The fraction of sp³-hybridized carbons (Fsp3) is 0.500. The summed E-state index contributed by atoms with van der Waals surface area (Å²) in [6, 6.07) is 6.56. The molecule has 2 fully saturated rings. The molecule has 3 aliphatic rings. The van der Waals surface area contributed by atoms with Crippen LogP contribution in [0.4, 0.5) is 13.2 Å². The molecule has 0 unspecified atom stereocenters. The maximum absolute atomic E-state index is 14.7. The van der Waals surface area contributed by atoms with Crippen molar-refractivity contribution in [3.8, 4) is 0 Å². The molecule has 0 aromatic heterocycles. The molecule has 0 spiro atoms. The maximum Gasteiger partial charge on any atom is 0.432 e. The average molecular weight is 575 g/mol. The van der Waals surface area contributed by atoms with Gasteiger partial charge in [-0.3, -0.25) is 0 Å². The molecule has 0 amide bonds. The zero-order valence-electron chi connectivity index (χ0n) is 24.3. The van der Waals surface area contributed by atoms with Crippen molar-refractivity contribution in [2.45, 2.75) is 71.6 Å². The van der Waals surface area contributed by atoms with Crippen molar-refractivity contribution in [2.75, 3.05) is 7.11 Å². The van der Waals surface area contributed by atoms with Gasteiger partial charge in [0.25, 0.3) is 5.60 Å². The van der Waals surface area contributed by atoms with Gasteiger partial charge in [0.05, 0.1) is 12.2 Å². The Balaban J connectivity index is 1.92. The first-order chi connectivity index (χ1) is 19.0. The van der Waals surface area contributed by atoms with Crippen molar-refractivity contribution >= 4 is 11.9 Å². The second-order valence-corrected chi connectivity index (χ2v) is 12.0. The molecule has 1 saturated carbocycles. The summed E-state index contributed by atoms with van der Waals surface area (Å²) < 4.78 is 61.7. The summed E-state index contributed by atoms with van der Waals surface area (Å²) in [6.45, 7) is 15.8. The lowest BCUT2D eigenvalue weighted by molar-refractivity contribution is -0.280. The standard InChI is InChI=1S/C32H37F3O6/c1-9-18(2)24-29(6)17-19(3)23-28(5,16-15-22(36)37)25(20(4)26(40-24)30(23,29)7)41-27(38)31(39-8,32(33,34)35)21-13-11-10-12-14-21/h9-17,23-26H,4H2,1-3,5-8H3,(H,36,37)/b16-15+,18-9-/t23-,24+,25-,26+,28+,29+,30-,31+/m1/s1. The Labute approximate surface area is 238 Å². The van der Waals surface area contributed by atoms with Crippen LogP contribution in [0, 0.1) is 22.2 Å². The number of benzene rings is 1. The highest BCUT2D eigenvalue weighted by Gasteiger charge is 2.75. The average Bonchev–Trinajstić information content (AvgIpc) is 3.25. The van der Waals surface area contributed by atoms with E-state index in [1.807, 2.05) is 33.8 Å². The molecule has 222 valence electrons. The smallest absolute Gasteiger partial charge is 0.432 e. The van der Waals surface area contributed by atoms with Crippen LogP contribution in [0.3, 0.4) is 0 Å². The molecule has 9 heteroatoms. The van der Waals surface area contributed by atoms with Gasteiger partial charge < -0.3 is 19.3 Å². The third-order valence-electron chi connectivity index (χ3n) is 9.82. The molecular formula is C32H37F3O6. The van der Waals surface area contributed by atoms with Crippen molar-refractivity contribution in [1.29, 1.82) is 0 Å². The highest BCUT2D eigenvalue weighted by Crippen LogP contribution is 2.73. The van der Waals surface area contributed by atoms with Gasteiger partial charge in [0.1, 0.15) is 6.10 Å². The summed E-state index contributed by atoms with van der Waals surface area (Å²) in [4.78, 5) is 25.5. The first kappa shape index (κ1) is 30.8. The number of esters is 1. The Hall–Kier alpha value is -3.17. The van der Waals surface area contributed by atoms with Crippen LogP contribution in [0.1, 0.15) is 47.1 Å². The van der Waals surface area contributed by atoms with Crippen LogP contribution in [0.15, 0.2) is 77.9 Å². The number of halogens is 3. The number of methoxy groups -OCH3 is 1. The van der Waals surface area contributed by atoms with Gasteiger partial charge in [0, 0.05) is 40.9 Å². The quantitative estimate of drug-likeness (QED) is 0.226. The summed E-state index contributed by atoms with van der Waals surface area (Å²) in [5, 5.41) is 9.57. The van der Waals surface area contributed by atoms with Crippen LogP contribution in [-0.2, 0) is 29.4 Å². The van der Waals surface area contributed by atoms with Crippen molar-refractivity contribution < 1.29 is 42.1 Å². The molecule has 1 aromatic carbocycles. The van der Waals surface area contributed by atoms with Crippen LogP contribution < -0.4 is 0 Å². The van der Waals surface area contributed by atoms with E-state index in [0.717, 1.165) is 36.5 Å². The topological polar surface area (TPSA) is 82.1 Å². The van der Waals surface area contributed by atoms with E-state index in [1.165, 1.54) is 24.3 Å². The Bertz CT molecular complexity index is 1350. The number of allylic oxidation sites excluding steroid dienone is 2. The van der Waals surface area contributed by atoms with Gasteiger partial charge in [-0.25, -0.2) is 9.59 Å². The molecule has 0 radical (unpaired) electrons. The van der Waals surface area contributed by atoms with E-state index in [2.05, 4.69) is 19.6 Å². The van der Waals surface area contributed by atoms with Crippen molar-refractivity contribution in [2.24, 2.45) is 22.2 Å². The summed E-state index contributed by atoms with van der Waals surface area (Å²) >= 11 is 0. The van der Waals surface area contributed by atoms with E-state index >= 15 is 0 Å². The molecular weight excluding hydrogens is 537 g/mol. The Kier molecular flexibility index (Phi) is 7.49. The number of carboxylic acid groups (broad SMARTS) is 1. The van der Waals surface area contributed by atoms with E-state index in [0.29, 0.717) is 0 Å². The van der Waals surface area contributed by atoms with E-state index < -0.39 is 63.7 Å². The SMILES string of the molecule is C=C1[C@@H](OC(=O)[C@@](OC)(c2ccccc2)C(F)(F)F)[C@@](C)(/C=C/C(=O)O)[C@H]2C(C)=C[C@@]3(C)[C@H](/C(C)=C\C)O[C@@H]1[C@@]23C. The van der Waals surface area contributed by atoms with E-state index in [4.69, 9.17) is 14.2 Å². The number of carboxylic acids is 1. The van der Waals surface area contributed by atoms with Gasteiger partial charge in [-0.15, -0.1) is 0 Å². The van der Waals surface area contributed by atoms with Crippen molar-refractivity contribution in [3.63, 3.8) is 0 Å². The summed E-state index contributed by atoms with van der Waals surface area (Å²) in [5.41, 5.74) is -4.26. The summed E-state index contributed by atoms with van der Waals surface area (Å²) in [6.07, 6.45) is -1.22. The second-order valence-electron chi connectivity index (χ2n) is 12.0. The third-order valence-corrected chi connectivity index (χ3v) is 9.82. The number of ether oxygens (including phenoxy) is 3. The fourth-order valence-corrected chi connectivity index (χ4v) is 7.95. The largest absolute Gasteiger partial charge is 0.478 e. The molecule has 1 heterocycles. The molecule has 6 nitrogen and oxygen atoms in total. The number of carbonyl (C=O) groups is 2. The third kappa shape index (κ3) is 4.07. The predicted octanol–water partition coefficient (Wildman–Crippen LogP) is 6.54. The van der Waals surface area contributed by atoms with Crippen LogP contribution in [-0.4, -0.2) is 48.6 Å². The fourth-order valence-electron chi connectivity index (χ4n) is 7.95. The molecule has 41 heavy (non-hydrogen) atoms. The minimum atomic E-state index is -5.18. The van der Waals surface area contributed by atoms with Crippen molar-refractivity contribution in [3.05, 3.63) is 83.5 Å². The monoisotopic (exact) mass is 574 g/mol. The Morgan fingerprint density at radius 3 is 2.27 bits per heavy atom. The van der Waals surface area contributed by atoms with Crippen LogP contribution in [0.5, 0.6) is 0 Å². The lowest BCUT2D eigenvalue weighted by Crippen LogP contribution is -2.61. The lowest BCUT2D eigenvalue weighted by Gasteiger charge is -2.57. The first-order valence-corrected chi connectivity index (χ1v) is 13.4. The van der Waals surface area contributed by atoms with Gasteiger partial charge in [-0.2, -0.15) is 13.2 Å². The number of rotatable bonds is 7. The molecule has 4 rings (SSSR count). The lowest BCUT2D eigenvalue weighted by atomic mass is 9.47. The number of alkyl halides is 3. The van der Waals surface area contributed by atoms with Gasteiger partial charge in [0.15, 0.2) is 0 Å². The normalized spacial score (nSPS) is 36.6. The van der Waals surface area contributed by atoms with E-state index in [1.54, 1.807) is 6.92 Å². The second kappa shape index (κ2) is 9.98. The molecule has 0 bridgehead atoms. The Morgan fingerprint density at radius 1 is 1.15 bits per heavy atom. The van der Waals surface area contributed by atoms with Gasteiger partial charge in [-0.1, -0.05) is 81.5 Å². The molecule has 1 aliphatic heterocycles. The highest BCUT2D eigenvalue weighted by atomic mass is 19.4. The minimum Gasteiger partial charge on any atom is -0.478 e. The highest BCUT2D eigenvalue weighted by molar-refractivity contribution is 5.83. The maximum atomic E-state index is 14.7. The number of carbonyl (C=O) groups excluding carboxylic acids is 1.